The first kappa shape index (κ1) is 15.3. The molecule has 1 saturated carbocycles. The van der Waals surface area contributed by atoms with Gasteiger partial charge in [0.25, 0.3) is 5.91 Å². The molecule has 0 radical (unpaired) electrons. The molecule has 2 rings (SSSR count). The Balaban J connectivity index is 2.21. The maximum absolute atomic E-state index is 13.4. The third kappa shape index (κ3) is 3.51. The van der Waals surface area contributed by atoms with E-state index in [1.807, 2.05) is 0 Å². The number of hydrogen-bond donors (Lipinski definition) is 3. The van der Waals surface area contributed by atoms with Gasteiger partial charge in [0.15, 0.2) is 0 Å². The van der Waals surface area contributed by atoms with Crippen molar-refractivity contribution in [2.45, 2.75) is 44.1 Å². The molecule has 0 bridgehead atoms. The SMILES string of the molecule is Nc1c(F)cccc1C(=O)NC1(CC(=O)O)CCCCC1. The van der Waals surface area contributed by atoms with Gasteiger partial charge in [0.05, 0.1) is 23.2 Å². The number of anilines is 1. The molecule has 4 N–H and O–H groups in total. The molecule has 21 heavy (non-hydrogen) atoms. The second-order valence-electron chi connectivity index (χ2n) is 5.57. The summed E-state index contributed by atoms with van der Waals surface area (Å²) in [6.45, 7) is 0. The minimum atomic E-state index is -0.954. The predicted octanol–water partition coefficient (Wildman–Crippen LogP) is 2.32. The quantitative estimate of drug-likeness (QED) is 0.743. The number of carboxylic acids is 1. The van der Waals surface area contributed by atoms with Crippen LogP contribution in [0.3, 0.4) is 0 Å². The molecule has 5 nitrogen and oxygen atoms in total. The van der Waals surface area contributed by atoms with Gasteiger partial charge in [0.2, 0.25) is 0 Å². The second-order valence-corrected chi connectivity index (χ2v) is 5.57. The topological polar surface area (TPSA) is 92.4 Å². The van der Waals surface area contributed by atoms with E-state index in [0.717, 1.165) is 19.3 Å². The van der Waals surface area contributed by atoms with Crippen LogP contribution in [-0.4, -0.2) is 22.5 Å². The standard InChI is InChI=1S/C15H19FN2O3/c16-11-6-4-5-10(13(11)17)14(21)18-15(9-12(19)20)7-2-1-3-8-15/h4-6H,1-3,7-9,17H2,(H,18,21)(H,19,20). The molecule has 1 aliphatic carbocycles. The molecule has 0 atom stereocenters. The molecule has 0 spiro atoms. The minimum Gasteiger partial charge on any atom is -0.481 e. The number of aliphatic carboxylic acids is 1. The number of benzene rings is 1. The van der Waals surface area contributed by atoms with Crippen molar-refractivity contribution in [3.05, 3.63) is 29.6 Å². The number of nitrogens with one attached hydrogen (secondary N) is 1. The minimum absolute atomic E-state index is 0.0466. The number of nitrogen functional groups attached to an aromatic ring is 1. The van der Waals surface area contributed by atoms with Crippen molar-refractivity contribution in [3.63, 3.8) is 0 Å². The van der Waals surface area contributed by atoms with Gasteiger partial charge in [-0.15, -0.1) is 0 Å². The fourth-order valence-electron chi connectivity index (χ4n) is 2.91. The first-order chi connectivity index (χ1) is 9.93. The lowest BCUT2D eigenvalue weighted by molar-refractivity contribution is -0.139. The Morgan fingerprint density at radius 3 is 2.57 bits per heavy atom. The highest BCUT2D eigenvalue weighted by molar-refractivity contribution is 5.99. The number of hydrogen-bond acceptors (Lipinski definition) is 3. The average molecular weight is 294 g/mol. The van der Waals surface area contributed by atoms with Crippen LogP contribution in [0.2, 0.25) is 0 Å². The van der Waals surface area contributed by atoms with E-state index < -0.39 is 23.2 Å². The predicted molar refractivity (Wildman–Crippen MR) is 76.3 cm³/mol. The molecule has 0 aliphatic heterocycles. The maximum Gasteiger partial charge on any atom is 0.305 e. The Kier molecular flexibility index (Phi) is 4.45. The molecule has 1 aliphatic rings. The van der Waals surface area contributed by atoms with Gasteiger partial charge in [0.1, 0.15) is 5.82 Å². The number of rotatable bonds is 4. The van der Waals surface area contributed by atoms with E-state index in [-0.39, 0.29) is 17.7 Å². The zero-order valence-electron chi connectivity index (χ0n) is 11.7. The van der Waals surface area contributed by atoms with Crippen LogP contribution in [0.25, 0.3) is 0 Å². The molecule has 0 heterocycles. The summed E-state index contributed by atoms with van der Waals surface area (Å²) >= 11 is 0. The monoisotopic (exact) mass is 294 g/mol. The number of para-hydroxylation sites is 1. The van der Waals surface area contributed by atoms with Gasteiger partial charge in [-0.3, -0.25) is 9.59 Å². The number of halogens is 1. The lowest BCUT2D eigenvalue weighted by Crippen LogP contribution is -2.51. The van der Waals surface area contributed by atoms with Gasteiger partial charge in [-0.25, -0.2) is 4.39 Å². The molecule has 114 valence electrons. The Hall–Kier alpha value is -2.11. The van der Waals surface area contributed by atoms with Crippen LogP contribution in [-0.2, 0) is 4.79 Å². The summed E-state index contributed by atoms with van der Waals surface area (Å²) in [5.41, 5.74) is 4.65. The molecule has 1 aromatic carbocycles. The van der Waals surface area contributed by atoms with Gasteiger partial charge in [-0.1, -0.05) is 25.3 Å². The number of carbonyl (C=O) groups is 2. The highest BCUT2D eigenvalue weighted by Gasteiger charge is 2.36. The lowest BCUT2D eigenvalue weighted by Gasteiger charge is -2.37. The molecular formula is C15H19FN2O3. The molecule has 0 saturated heterocycles. The van der Waals surface area contributed by atoms with Gasteiger partial charge in [0, 0.05) is 0 Å². The van der Waals surface area contributed by atoms with E-state index in [9.17, 15) is 14.0 Å². The Bertz CT molecular complexity index is 554. The normalized spacial score (nSPS) is 17.2. The van der Waals surface area contributed by atoms with Crippen LogP contribution >= 0.6 is 0 Å². The highest BCUT2D eigenvalue weighted by atomic mass is 19.1. The summed E-state index contributed by atoms with van der Waals surface area (Å²) in [4.78, 5) is 23.4. The van der Waals surface area contributed by atoms with Crippen molar-refractivity contribution in [2.75, 3.05) is 5.73 Å². The average Bonchev–Trinajstić information content (AvgIpc) is 2.41. The van der Waals surface area contributed by atoms with Gasteiger partial charge in [-0.05, 0) is 25.0 Å². The molecule has 0 aromatic heterocycles. The van der Waals surface area contributed by atoms with E-state index in [2.05, 4.69) is 5.32 Å². The summed E-state index contributed by atoms with van der Waals surface area (Å²) in [5, 5.41) is 11.9. The summed E-state index contributed by atoms with van der Waals surface area (Å²) in [6, 6.07) is 4.02. The summed E-state index contributed by atoms with van der Waals surface area (Å²) in [7, 11) is 0. The van der Waals surface area contributed by atoms with Crippen LogP contribution < -0.4 is 11.1 Å². The summed E-state index contributed by atoms with van der Waals surface area (Å²) in [5.74, 6) is -2.13. The van der Waals surface area contributed by atoms with Crippen molar-refractivity contribution in [1.29, 1.82) is 0 Å². The van der Waals surface area contributed by atoms with Gasteiger partial charge < -0.3 is 16.2 Å². The van der Waals surface area contributed by atoms with Crippen molar-refractivity contribution in [1.82, 2.24) is 5.32 Å². The van der Waals surface area contributed by atoms with E-state index in [1.54, 1.807) is 0 Å². The van der Waals surface area contributed by atoms with Crippen LogP contribution in [0.4, 0.5) is 10.1 Å². The molecule has 1 amide bonds. The summed E-state index contributed by atoms with van der Waals surface area (Å²) < 4.78 is 13.4. The summed E-state index contributed by atoms with van der Waals surface area (Å²) in [6.07, 6.45) is 3.85. The van der Waals surface area contributed by atoms with Gasteiger partial charge in [-0.2, -0.15) is 0 Å². The molecule has 6 heteroatoms. The van der Waals surface area contributed by atoms with E-state index in [1.165, 1.54) is 18.2 Å². The second kappa shape index (κ2) is 6.11. The zero-order chi connectivity index (χ0) is 15.5. The highest BCUT2D eigenvalue weighted by Crippen LogP contribution is 2.32. The zero-order valence-corrected chi connectivity index (χ0v) is 11.7. The van der Waals surface area contributed by atoms with Gasteiger partial charge >= 0.3 is 5.97 Å². The largest absolute Gasteiger partial charge is 0.481 e. The number of carboxylic acid groups (broad SMARTS) is 1. The molecular weight excluding hydrogens is 275 g/mol. The smallest absolute Gasteiger partial charge is 0.305 e. The maximum atomic E-state index is 13.4. The van der Waals surface area contributed by atoms with Crippen molar-refractivity contribution in [3.8, 4) is 0 Å². The van der Waals surface area contributed by atoms with Crippen molar-refractivity contribution >= 4 is 17.6 Å². The third-order valence-corrected chi connectivity index (χ3v) is 3.98. The lowest BCUT2D eigenvalue weighted by atomic mass is 9.79. The van der Waals surface area contributed by atoms with Crippen molar-refractivity contribution in [2.24, 2.45) is 0 Å². The molecule has 0 unspecified atom stereocenters. The first-order valence-corrected chi connectivity index (χ1v) is 7.02. The molecule has 1 fully saturated rings. The van der Waals surface area contributed by atoms with Crippen LogP contribution in [0.15, 0.2) is 18.2 Å². The van der Waals surface area contributed by atoms with E-state index in [0.29, 0.717) is 12.8 Å². The van der Waals surface area contributed by atoms with Crippen LogP contribution in [0.1, 0.15) is 48.9 Å². The number of carbonyl (C=O) groups excluding carboxylic acids is 1. The fraction of sp³-hybridized carbons (Fsp3) is 0.467. The number of nitrogens with two attached hydrogens (primary N) is 1. The van der Waals surface area contributed by atoms with Crippen molar-refractivity contribution < 1.29 is 19.1 Å². The van der Waals surface area contributed by atoms with E-state index in [4.69, 9.17) is 10.8 Å². The fourth-order valence-corrected chi connectivity index (χ4v) is 2.91. The van der Waals surface area contributed by atoms with Crippen LogP contribution in [0.5, 0.6) is 0 Å². The Labute approximate surface area is 122 Å². The third-order valence-electron chi connectivity index (χ3n) is 3.98. The number of amides is 1. The first-order valence-electron chi connectivity index (χ1n) is 7.02. The van der Waals surface area contributed by atoms with E-state index >= 15 is 0 Å². The Morgan fingerprint density at radius 2 is 1.95 bits per heavy atom. The Morgan fingerprint density at radius 1 is 1.29 bits per heavy atom. The molecule has 1 aromatic rings. The van der Waals surface area contributed by atoms with Crippen LogP contribution in [0, 0.1) is 5.82 Å².